The van der Waals surface area contributed by atoms with Crippen LogP contribution in [-0.4, -0.2) is 28.9 Å². The van der Waals surface area contributed by atoms with Crippen molar-refractivity contribution in [1.82, 2.24) is 9.88 Å². The molecule has 1 amide bonds. The molecule has 2 rings (SSSR count). The summed E-state index contributed by atoms with van der Waals surface area (Å²) in [6, 6.07) is 13.8. The number of carbonyl (C=O) groups is 1. The highest BCUT2D eigenvalue weighted by Crippen LogP contribution is 2.11. The van der Waals surface area contributed by atoms with Crippen molar-refractivity contribution in [3.8, 4) is 0 Å². The lowest BCUT2D eigenvalue weighted by Crippen LogP contribution is -2.30. The molecule has 4 nitrogen and oxygen atoms in total. The summed E-state index contributed by atoms with van der Waals surface area (Å²) < 4.78 is 0. The number of pyridine rings is 1. The van der Waals surface area contributed by atoms with Crippen LogP contribution in [-0.2, 0) is 6.54 Å². The maximum atomic E-state index is 12.7. The average Bonchev–Trinajstić information content (AvgIpc) is 2.64. The fourth-order valence-corrected chi connectivity index (χ4v) is 2.53. The molecule has 1 aromatic heterocycles. The summed E-state index contributed by atoms with van der Waals surface area (Å²) in [4.78, 5) is 18.9. The molecule has 128 valence electrons. The number of aromatic nitrogens is 1. The second kappa shape index (κ2) is 9.71. The van der Waals surface area contributed by atoms with E-state index in [4.69, 9.17) is 0 Å². The average molecular weight is 325 g/mol. The molecule has 0 aliphatic carbocycles. The Morgan fingerprint density at radius 1 is 1.08 bits per heavy atom. The third kappa shape index (κ3) is 5.37. The smallest absolute Gasteiger partial charge is 0.255 e. The van der Waals surface area contributed by atoms with Crippen LogP contribution < -0.4 is 5.32 Å². The SMILES string of the molecule is CCCCCNc1ccc(C(=O)N(CC)Cc2ccccc2)cn1. The van der Waals surface area contributed by atoms with Crippen LogP contribution in [0.1, 0.15) is 49.0 Å². The highest BCUT2D eigenvalue weighted by Gasteiger charge is 2.14. The van der Waals surface area contributed by atoms with Crippen molar-refractivity contribution in [2.45, 2.75) is 39.7 Å². The van der Waals surface area contributed by atoms with E-state index in [1.54, 1.807) is 6.20 Å². The zero-order valence-corrected chi connectivity index (χ0v) is 14.7. The van der Waals surface area contributed by atoms with Crippen LogP contribution >= 0.6 is 0 Å². The maximum Gasteiger partial charge on any atom is 0.255 e. The summed E-state index contributed by atoms with van der Waals surface area (Å²) >= 11 is 0. The fraction of sp³-hybridized carbons (Fsp3) is 0.400. The minimum atomic E-state index is 0.0198. The minimum absolute atomic E-state index is 0.0198. The standard InChI is InChI=1S/C20H27N3O/c1-3-5-9-14-21-19-13-12-18(15-22-19)20(24)23(4-2)16-17-10-7-6-8-11-17/h6-8,10-13,15H,3-5,9,14,16H2,1-2H3,(H,21,22). The Labute approximate surface area is 144 Å². The van der Waals surface area contributed by atoms with Gasteiger partial charge in [0, 0.05) is 25.8 Å². The molecule has 0 bridgehead atoms. The van der Waals surface area contributed by atoms with E-state index < -0.39 is 0 Å². The maximum absolute atomic E-state index is 12.7. The number of amides is 1. The lowest BCUT2D eigenvalue weighted by atomic mass is 10.2. The number of nitrogens with zero attached hydrogens (tertiary/aromatic N) is 2. The van der Waals surface area contributed by atoms with Crippen LogP contribution in [0.3, 0.4) is 0 Å². The lowest BCUT2D eigenvalue weighted by Gasteiger charge is -2.21. The molecule has 0 aliphatic rings. The number of nitrogens with one attached hydrogen (secondary N) is 1. The summed E-state index contributed by atoms with van der Waals surface area (Å²) in [6.07, 6.45) is 5.23. The third-order valence-electron chi connectivity index (χ3n) is 3.98. The number of hydrogen-bond donors (Lipinski definition) is 1. The molecule has 1 heterocycles. The number of anilines is 1. The van der Waals surface area contributed by atoms with Crippen molar-refractivity contribution in [1.29, 1.82) is 0 Å². The minimum Gasteiger partial charge on any atom is -0.370 e. The van der Waals surface area contributed by atoms with E-state index in [0.717, 1.165) is 24.3 Å². The number of benzene rings is 1. The molecule has 0 spiro atoms. The molecule has 0 unspecified atom stereocenters. The Balaban J connectivity index is 1.94. The molecular weight excluding hydrogens is 298 g/mol. The largest absolute Gasteiger partial charge is 0.370 e. The topological polar surface area (TPSA) is 45.2 Å². The van der Waals surface area contributed by atoms with Crippen molar-refractivity contribution < 1.29 is 4.79 Å². The second-order valence-electron chi connectivity index (χ2n) is 5.87. The Bertz CT molecular complexity index is 611. The van der Waals surface area contributed by atoms with Gasteiger partial charge in [-0.15, -0.1) is 0 Å². The Morgan fingerprint density at radius 3 is 2.50 bits per heavy atom. The predicted molar refractivity (Wildman–Crippen MR) is 99.1 cm³/mol. The molecule has 1 aromatic carbocycles. The normalized spacial score (nSPS) is 10.4. The van der Waals surface area contributed by atoms with Gasteiger partial charge in [-0.05, 0) is 31.0 Å². The number of carbonyl (C=O) groups excluding carboxylic acids is 1. The highest BCUT2D eigenvalue weighted by atomic mass is 16.2. The van der Waals surface area contributed by atoms with Gasteiger partial charge in [-0.3, -0.25) is 4.79 Å². The summed E-state index contributed by atoms with van der Waals surface area (Å²) in [6.45, 7) is 6.40. The van der Waals surface area contributed by atoms with Gasteiger partial charge in [0.15, 0.2) is 0 Å². The Morgan fingerprint density at radius 2 is 1.88 bits per heavy atom. The molecule has 0 fully saturated rings. The fourth-order valence-electron chi connectivity index (χ4n) is 2.53. The molecule has 1 N–H and O–H groups in total. The molecule has 2 aromatic rings. The molecule has 4 heteroatoms. The van der Waals surface area contributed by atoms with E-state index >= 15 is 0 Å². The molecule has 0 atom stereocenters. The lowest BCUT2D eigenvalue weighted by molar-refractivity contribution is 0.0752. The van der Waals surface area contributed by atoms with E-state index in [2.05, 4.69) is 17.2 Å². The Hall–Kier alpha value is -2.36. The first-order valence-electron chi connectivity index (χ1n) is 8.77. The van der Waals surface area contributed by atoms with Gasteiger partial charge in [-0.2, -0.15) is 0 Å². The molecule has 0 saturated heterocycles. The molecule has 24 heavy (non-hydrogen) atoms. The molecule has 0 aliphatic heterocycles. The van der Waals surface area contributed by atoms with E-state index in [1.165, 1.54) is 12.8 Å². The molecular formula is C20H27N3O. The van der Waals surface area contributed by atoms with Gasteiger partial charge < -0.3 is 10.2 Å². The van der Waals surface area contributed by atoms with Crippen LogP contribution in [0.5, 0.6) is 0 Å². The zero-order valence-electron chi connectivity index (χ0n) is 14.7. The summed E-state index contributed by atoms with van der Waals surface area (Å²) in [5, 5.41) is 3.29. The summed E-state index contributed by atoms with van der Waals surface area (Å²) in [5.74, 6) is 0.847. The van der Waals surface area contributed by atoms with E-state index in [9.17, 15) is 4.79 Å². The van der Waals surface area contributed by atoms with Crippen molar-refractivity contribution in [2.75, 3.05) is 18.4 Å². The van der Waals surface area contributed by atoms with Gasteiger partial charge in [0.05, 0.1) is 5.56 Å². The number of unbranched alkanes of at least 4 members (excludes halogenated alkanes) is 2. The van der Waals surface area contributed by atoms with Crippen molar-refractivity contribution in [3.05, 3.63) is 59.8 Å². The number of hydrogen-bond acceptors (Lipinski definition) is 3. The van der Waals surface area contributed by atoms with Gasteiger partial charge >= 0.3 is 0 Å². The molecule has 0 radical (unpaired) electrons. The van der Waals surface area contributed by atoms with Crippen molar-refractivity contribution in [3.63, 3.8) is 0 Å². The van der Waals surface area contributed by atoms with Gasteiger partial charge in [-0.25, -0.2) is 4.98 Å². The quantitative estimate of drug-likeness (QED) is 0.697. The van der Waals surface area contributed by atoms with Gasteiger partial charge in [0.1, 0.15) is 5.82 Å². The van der Waals surface area contributed by atoms with E-state index in [1.807, 2.05) is 54.3 Å². The third-order valence-corrected chi connectivity index (χ3v) is 3.98. The van der Waals surface area contributed by atoms with Crippen LogP contribution in [0.15, 0.2) is 48.7 Å². The van der Waals surface area contributed by atoms with Crippen LogP contribution in [0.2, 0.25) is 0 Å². The van der Waals surface area contributed by atoms with Gasteiger partial charge in [-0.1, -0.05) is 50.1 Å². The number of rotatable bonds is 9. The summed E-state index contributed by atoms with van der Waals surface area (Å²) in [5.41, 5.74) is 1.77. The first-order valence-corrected chi connectivity index (χ1v) is 8.77. The predicted octanol–water partition coefficient (Wildman–Crippen LogP) is 4.35. The van der Waals surface area contributed by atoms with Crippen molar-refractivity contribution in [2.24, 2.45) is 0 Å². The first-order chi connectivity index (χ1) is 11.7. The first kappa shape index (κ1) is 18.0. The van der Waals surface area contributed by atoms with Crippen LogP contribution in [0.4, 0.5) is 5.82 Å². The van der Waals surface area contributed by atoms with E-state index in [-0.39, 0.29) is 5.91 Å². The zero-order chi connectivity index (χ0) is 17.2. The monoisotopic (exact) mass is 325 g/mol. The van der Waals surface area contributed by atoms with Crippen LogP contribution in [0.25, 0.3) is 0 Å². The van der Waals surface area contributed by atoms with Crippen molar-refractivity contribution >= 4 is 11.7 Å². The van der Waals surface area contributed by atoms with E-state index in [0.29, 0.717) is 18.7 Å². The molecule has 0 saturated carbocycles. The summed E-state index contributed by atoms with van der Waals surface area (Å²) in [7, 11) is 0. The van der Waals surface area contributed by atoms with Gasteiger partial charge in [0.2, 0.25) is 0 Å². The van der Waals surface area contributed by atoms with Crippen LogP contribution in [0, 0.1) is 0 Å². The second-order valence-corrected chi connectivity index (χ2v) is 5.87. The Kier molecular flexibility index (Phi) is 7.27. The highest BCUT2D eigenvalue weighted by molar-refractivity contribution is 5.94. The van der Waals surface area contributed by atoms with Gasteiger partial charge in [0.25, 0.3) is 5.91 Å².